The highest BCUT2D eigenvalue weighted by Gasteiger charge is 2.24. The summed E-state index contributed by atoms with van der Waals surface area (Å²) in [6.07, 6.45) is 1.76. The van der Waals surface area contributed by atoms with E-state index >= 15 is 0 Å². The molecule has 5 rings (SSSR count). The number of aryl methyl sites for hydroxylation is 1. The number of halogens is 1. The average molecular weight is 557 g/mol. The van der Waals surface area contributed by atoms with Gasteiger partial charge in [0, 0.05) is 37.2 Å². The van der Waals surface area contributed by atoms with Gasteiger partial charge in [-0.3, -0.25) is 9.69 Å². The largest absolute Gasteiger partial charge is 0.478 e. The third-order valence-electron chi connectivity index (χ3n) is 7.31. The minimum Gasteiger partial charge on any atom is -0.478 e. The van der Waals surface area contributed by atoms with E-state index in [4.69, 9.17) is 15.0 Å². The molecule has 0 bridgehead atoms. The van der Waals surface area contributed by atoms with Crippen LogP contribution < -0.4 is 10.1 Å². The molecule has 3 heterocycles. The fraction of sp³-hybridized carbons (Fsp3) is 0.300. The van der Waals surface area contributed by atoms with E-state index in [0.29, 0.717) is 34.7 Å². The number of fused-ring (bicyclic) bond motifs is 1. The number of rotatable bonds is 8. The van der Waals surface area contributed by atoms with Gasteiger partial charge in [-0.25, -0.2) is 19.2 Å². The van der Waals surface area contributed by atoms with Crippen LogP contribution in [-0.2, 0) is 25.0 Å². The maximum absolute atomic E-state index is 14.2. The van der Waals surface area contributed by atoms with E-state index < -0.39 is 11.8 Å². The number of imidazole rings is 1. The van der Waals surface area contributed by atoms with Crippen LogP contribution in [0.1, 0.15) is 58.7 Å². The molecule has 0 aliphatic carbocycles. The molecule has 11 heteroatoms. The number of hydrogen-bond donors (Lipinski definition) is 2. The standard InChI is InChI=1S/C30H29FN6O4/c1-18(38)33-25-13-22(30(39)40)14-26-29(25)35-27(36(26)2)16-37-10-8-20(9-11-37)24-4-3-5-28(34-24)41-17-21-7-6-19(15-32)12-23(21)31/h3-7,12-14,20H,8-11,16-17H2,1-2H3,(H,33,38)(H,39,40). The van der Waals surface area contributed by atoms with Crippen LogP contribution in [0.25, 0.3) is 11.0 Å². The number of aromatic nitrogens is 3. The Labute approximate surface area is 236 Å². The maximum atomic E-state index is 14.2. The zero-order valence-corrected chi connectivity index (χ0v) is 22.7. The molecule has 1 amide bonds. The topological polar surface area (TPSA) is 133 Å². The Morgan fingerprint density at radius 1 is 1.17 bits per heavy atom. The van der Waals surface area contributed by atoms with Crippen molar-refractivity contribution in [2.24, 2.45) is 7.05 Å². The Hall–Kier alpha value is -4.82. The number of aromatic carboxylic acids is 1. The normalized spacial score (nSPS) is 14.1. The Morgan fingerprint density at radius 3 is 2.63 bits per heavy atom. The Kier molecular flexibility index (Phi) is 7.94. The van der Waals surface area contributed by atoms with Gasteiger partial charge in [0.05, 0.1) is 34.9 Å². The van der Waals surface area contributed by atoms with Crippen molar-refractivity contribution < 1.29 is 23.8 Å². The zero-order chi connectivity index (χ0) is 29.1. The molecule has 0 saturated carbocycles. The van der Waals surface area contributed by atoms with Gasteiger partial charge in [-0.15, -0.1) is 0 Å². The summed E-state index contributed by atoms with van der Waals surface area (Å²) in [6, 6.07) is 14.8. The number of benzene rings is 2. The lowest BCUT2D eigenvalue weighted by Gasteiger charge is -2.31. The molecule has 0 radical (unpaired) electrons. The second-order valence-electron chi connectivity index (χ2n) is 10.1. The van der Waals surface area contributed by atoms with Gasteiger partial charge in [-0.05, 0) is 56.3 Å². The Balaban J connectivity index is 1.23. The molecule has 0 spiro atoms. The van der Waals surface area contributed by atoms with Crippen LogP contribution in [0, 0.1) is 17.1 Å². The molecule has 1 aliphatic heterocycles. The van der Waals surface area contributed by atoms with Gasteiger partial charge in [0.2, 0.25) is 11.8 Å². The summed E-state index contributed by atoms with van der Waals surface area (Å²) >= 11 is 0. The first-order valence-corrected chi connectivity index (χ1v) is 13.2. The second kappa shape index (κ2) is 11.7. The monoisotopic (exact) mass is 556 g/mol. The number of nitrogens with zero attached hydrogens (tertiary/aromatic N) is 5. The first-order valence-electron chi connectivity index (χ1n) is 13.2. The number of pyridine rings is 1. The lowest BCUT2D eigenvalue weighted by atomic mass is 9.93. The Morgan fingerprint density at radius 2 is 1.95 bits per heavy atom. The molecule has 2 N–H and O–H groups in total. The van der Waals surface area contributed by atoms with Crippen LogP contribution in [0.15, 0.2) is 48.5 Å². The fourth-order valence-electron chi connectivity index (χ4n) is 5.10. The van der Waals surface area contributed by atoms with Crippen LogP contribution in [0.3, 0.4) is 0 Å². The number of hydrogen-bond acceptors (Lipinski definition) is 7. The first kappa shape index (κ1) is 27.7. The molecule has 1 saturated heterocycles. The highest BCUT2D eigenvalue weighted by atomic mass is 19.1. The van der Waals surface area contributed by atoms with Gasteiger partial charge in [-0.2, -0.15) is 5.26 Å². The van der Waals surface area contributed by atoms with E-state index in [1.807, 2.05) is 29.8 Å². The molecule has 1 aliphatic rings. The molecule has 0 atom stereocenters. The molecule has 1 fully saturated rings. The van der Waals surface area contributed by atoms with E-state index in [1.54, 1.807) is 24.3 Å². The number of nitrogens with one attached hydrogen (secondary N) is 1. The minimum atomic E-state index is -1.08. The highest BCUT2D eigenvalue weighted by Crippen LogP contribution is 2.30. The van der Waals surface area contributed by atoms with Gasteiger partial charge >= 0.3 is 5.97 Å². The Bertz CT molecular complexity index is 1670. The molecule has 0 unspecified atom stereocenters. The van der Waals surface area contributed by atoms with Crippen molar-refractivity contribution >= 4 is 28.6 Å². The first-order chi connectivity index (χ1) is 19.7. The number of carboxylic acid groups (broad SMARTS) is 1. The maximum Gasteiger partial charge on any atom is 0.335 e. The van der Waals surface area contributed by atoms with E-state index in [-0.39, 0.29) is 29.6 Å². The predicted octanol–water partition coefficient (Wildman–Crippen LogP) is 4.59. The summed E-state index contributed by atoms with van der Waals surface area (Å²) < 4.78 is 21.8. The van der Waals surface area contributed by atoms with Gasteiger partial charge < -0.3 is 19.7 Å². The molecule has 10 nitrogen and oxygen atoms in total. The molecular formula is C30H29FN6O4. The van der Waals surface area contributed by atoms with Crippen LogP contribution in [0.4, 0.5) is 10.1 Å². The van der Waals surface area contributed by atoms with Gasteiger partial charge in [0.25, 0.3) is 0 Å². The van der Waals surface area contributed by atoms with Crippen LogP contribution >= 0.6 is 0 Å². The predicted molar refractivity (Wildman–Crippen MR) is 149 cm³/mol. The number of nitriles is 1. The molecule has 4 aromatic rings. The van der Waals surface area contributed by atoms with Crippen LogP contribution in [0.5, 0.6) is 5.88 Å². The van der Waals surface area contributed by atoms with E-state index in [0.717, 1.165) is 37.4 Å². The van der Waals surface area contributed by atoms with E-state index in [1.165, 1.54) is 19.1 Å². The summed E-state index contributed by atoms with van der Waals surface area (Å²) in [6.45, 7) is 3.60. The summed E-state index contributed by atoms with van der Waals surface area (Å²) in [5.41, 5.74) is 3.19. The smallest absolute Gasteiger partial charge is 0.335 e. The lowest BCUT2D eigenvalue weighted by Crippen LogP contribution is -2.33. The number of carboxylic acids is 1. The van der Waals surface area contributed by atoms with Crippen molar-refractivity contribution in [1.82, 2.24) is 19.4 Å². The third kappa shape index (κ3) is 6.18. The number of ether oxygens (including phenoxy) is 1. The van der Waals surface area contributed by atoms with Crippen molar-refractivity contribution in [3.63, 3.8) is 0 Å². The zero-order valence-electron chi connectivity index (χ0n) is 22.7. The quantitative estimate of drug-likeness (QED) is 0.322. The van der Waals surface area contributed by atoms with E-state index in [2.05, 4.69) is 15.2 Å². The van der Waals surface area contributed by atoms with Crippen LogP contribution in [0.2, 0.25) is 0 Å². The summed E-state index contributed by atoms with van der Waals surface area (Å²) in [4.78, 5) is 35.1. The minimum absolute atomic E-state index is 0.0159. The molecule has 2 aromatic heterocycles. The third-order valence-corrected chi connectivity index (χ3v) is 7.31. The van der Waals surface area contributed by atoms with Crippen molar-refractivity contribution in [1.29, 1.82) is 5.26 Å². The van der Waals surface area contributed by atoms with Gasteiger partial charge in [-0.1, -0.05) is 12.1 Å². The SMILES string of the molecule is CC(=O)Nc1cc(C(=O)O)cc2c1nc(CN1CCC(c3cccc(OCc4ccc(C#N)cc4F)n3)CC1)n2C. The van der Waals surface area contributed by atoms with E-state index in [9.17, 15) is 19.1 Å². The lowest BCUT2D eigenvalue weighted by molar-refractivity contribution is -0.114. The number of amides is 1. The number of anilines is 1. The number of piperidine rings is 1. The molecule has 2 aromatic carbocycles. The van der Waals surface area contributed by atoms with Gasteiger partial charge in [0.1, 0.15) is 23.8 Å². The average Bonchev–Trinajstić information content (AvgIpc) is 3.27. The van der Waals surface area contributed by atoms with Crippen molar-refractivity contribution in [3.05, 3.63) is 82.6 Å². The molecule has 210 valence electrons. The van der Waals surface area contributed by atoms with Crippen LogP contribution in [-0.4, -0.2) is 49.5 Å². The highest BCUT2D eigenvalue weighted by molar-refractivity contribution is 6.03. The number of carbonyl (C=O) groups is 2. The van der Waals surface area contributed by atoms with Crippen molar-refractivity contribution in [3.8, 4) is 11.9 Å². The number of carbonyl (C=O) groups excluding carboxylic acids is 1. The summed E-state index contributed by atoms with van der Waals surface area (Å²) in [5.74, 6) is -0.422. The van der Waals surface area contributed by atoms with Crippen molar-refractivity contribution in [2.45, 2.75) is 38.8 Å². The fourth-order valence-corrected chi connectivity index (χ4v) is 5.10. The van der Waals surface area contributed by atoms with Crippen molar-refractivity contribution in [2.75, 3.05) is 18.4 Å². The molecular weight excluding hydrogens is 527 g/mol. The second-order valence-corrected chi connectivity index (χ2v) is 10.1. The summed E-state index contributed by atoms with van der Waals surface area (Å²) in [5, 5.41) is 21.1. The summed E-state index contributed by atoms with van der Waals surface area (Å²) in [7, 11) is 1.85. The number of likely N-dealkylation sites (tertiary alicyclic amines) is 1. The van der Waals surface area contributed by atoms with Gasteiger partial charge in [0.15, 0.2) is 0 Å². The molecule has 41 heavy (non-hydrogen) atoms.